The maximum atomic E-state index is 5.95. The predicted octanol–water partition coefficient (Wildman–Crippen LogP) is 3.50. The van der Waals surface area contributed by atoms with Crippen molar-refractivity contribution in [1.29, 1.82) is 0 Å². The molecule has 2 heteroatoms. The molecule has 14 heavy (non-hydrogen) atoms. The van der Waals surface area contributed by atoms with E-state index < -0.39 is 0 Å². The van der Waals surface area contributed by atoms with Crippen molar-refractivity contribution in [3.05, 3.63) is 0 Å². The van der Waals surface area contributed by atoms with Gasteiger partial charge in [-0.05, 0) is 26.2 Å². The normalized spacial score (nSPS) is 33.2. The van der Waals surface area contributed by atoms with Crippen LogP contribution in [0.1, 0.15) is 59.3 Å². The highest BCUT2D eigenvalue weighted by Gasteiger charge is 2.34. The van der Waals surface area contributed by atoms with Gasteiger partial charge in [-0.3, -0.25) is 0 Å². The zero-order valence-corrected chi connectivity index (χ0v) is 9.84. The number of ether oxygens (including phenoxy) is 2. The van der Waals surface area contributed by atoms with E-state index >= 15 is 0 Å². The fourth-order valence-corrected chi connectivity index (χ4v) is 2.01. The lowest BCUT2D eigenvalue weighted by atomic mass is 10.0. The van der Waals surface area contributed by atoms with Crippen molar-refractivity contribution < 1.29 is 9.47 Å². The first kappa shape index (κ1) is 12.0. The summed E-state index contributed by atoms with van der Waals surface area (Å²) < 4.78 is 11.8. The number of hydrogen-bond donors (Lipinski definition) is 0. The largest absolute Gasteiger partial charge is 0.350 e. The zero-order chi connectivity index (χ0) is 10.4. The summed E-state index contributed by atoms with van der Waals surface area (Å²) in [5, 5.41) is 0. The number of rotatable bonds is 5. The SMILES string of the molecule is CCCCC[C@]1(CC)OCC[C@H](C)O1. The minimum atomic E-state index is -0.257. The van der Waals surface area contributed by atoms with E-state index in [-0.39, 0.29) is 5.79 Å². The van der Waals surface area contributed by atoms with Gasteiger partial charge in [0.1, 0.15) is 0 Å². The van der Waals surface area contributed by atoms with Crippen LogP contribution in [0.2, 0.25) is 0 Å². The Labute approximate surface area is 88.0 Å². The first-order valence-electron chi connectivity index (χ1n) is 6.04. The monoisotopic (exact) mass is 200 g/mol. The summed E-state index contributed by atoms with van der Waals surface area (Å²) in [5.41, 5.74) is 0. The molecule has 0 N–H and O–H groups in total. The first-order valence-corrected chi connectivity index (χ1v) is 6.04. The van der Waals surface area contributed by atoms with Crippen LogP contribution in [0.3, 0.4) is 0 Å². The Morgan fingerprint density at radius 3 is 2.64 bits per heavy atom. The van der Waals surface area contributed by atoms with Crippen LogP contribution in [-0.4, -0.2) is 18.5 Å². The van der Waals surface area contributed by atoms with Crippen LogP contribution >= 0.6 is 0 Å². The van der Waals surface area contributed by atoms with E-state index in [0.29, 0.717) is 6.10 Å². The maximum Gasteiger partial charge on any atom is 0.168 e. The van der Waals surface area contributed by atoms with Gasteiger partial charge >= 0.3 is 0 Å². The molecule has 1 heterocycles. The van der Waals surface area contributed by atoms with Crippen LogP contribution in [0.25, 0.3) is 0 Å². The summed E-state index contributed by atoms with van der Waals surface area (Å²) in [4.78, 5) is 0. The van der Waals surface area contributed by atoms with Gasteiger partial charge in [0.25, 0.3) is 0 Å². The van der Waals surface area contributed by atoms with Gasteiger partial charge < -0.3 is 9.47 Å². The molecule has 0 radical (unpaired) electrons. The van der Waals surface area contributed by atoms with Gasteiger partial charge in [-0.1, -0.05) is 26.7 Å². The molecule has 2 atom stereocenters. The Morgan fingerprint density at radius 2 is 2.07 bits per heavy atom. The minimum absolute atomic E-state index is 0.257. The van der Waals surface area contributed by atoms with E-state index in [1.54, 1.807) is 0 Å². The first-order chi connectivity index (χ1) is 6.72. The van der Waals surface area contributed by atoms with Crippen molar-refractivity contribution in [2.45, 2.75) is 71.2 Å². The molecular formula is C12H24O2. The maximum absolute atomic E-state index is 5.95. The molecule has 2 nitrogen and oxygen atoms in total. The molecule has 0 unspecified atom stereocenters. The van der Waals surface area contributed by atoms with Crippen molar-refractivity contribution in [1.82, 2.24) is 0 Å². The molecule has 84 valence electrons. The van der Waals surface area contributed by atoms with Crippen molar-refractivity contribution in [3.63, 3.8) is 0 Å². The molecule has 1 aliphatic heterocycles. The van der Waals surface area contributed by atoms with E-state index in [1.807, 2.05) is 0 Å². The fourth-order valence-electron chi connectivity index (χ4n) is 2.01. The van der Waals surface area contributed by atoms with Crippen molar-refractivity contribution in [2.24, 2.45) is 0 Å². The molecule has 1 fully saturated rings. The lowest BCUT2D eigenvalue weighted by molar-refractivity contribution is -0.294. The summed E-state index contributed by atoms with van der Waals surface area (Å²) in [6.45, 7) is 7.39. The second-order valence-corrected chi connectivity index (χ2v) is 4.29. The third-order valence-corrected chi connectivity index (χ3v) is 3.01. The van der Waals surface area contributed by atoms with Gasteiger partial charge in [0, 0.05) is 6.42 Å². The van der Waals surface area contributed by atoms with E-state index in [9.17, 15) is 0 Å². The lowest BCUT2D eigenvalue weighted by Gasteiger charge is -2.39. The molecule has 0 aromatic rings. The molecule has 1 saturated heterocycles. The Bertz CT molecular complexity index is 158. The average Bonchev–Trinajstić information content (AvgIpc) is 2.18. The molecule has 0 saturated carbocycles. The summed E-state index contributed by atoms with van der Waals surface area (Å²) in [5.74, 6) is -0.257. The molecule has 0 amide bonds. The van der Waals surface area contributed by atoms with E-state index in [1.165, 1.54) is 19.3 Å². The highest BCUT2D eigenvalue weighted by Crippen LogP contribution is 2.31. The van der Waals surface area contributed by atoms with E-state index in [4.69, 9.17) is 9.47 Å². The van der Waals surface area contributed by atoms with E-state index in [0.717, 1.165) is 25.9 Å². The lowest BCUT2D eigenvalue weighted by Crippen LogP contribution is -2.43. The highest BCUT2D eigenvalue weighted by atomic mass is 16.7. The van der Waals surface area contributed by atoms with Crippen LogP contribution in [-0.2, 0) is 9.47 Å². The average molecular weight is 200 g/mol. The van der Waals surface area contributed by atoms with E-state index in [2.05, 4.69) is 20.8 Å². The predicted molar refractivity (Wildman–Crippen MR) is 58.3 cm³/mol. The molecule has 0 bridgehead atoms. The number of hydrogen-bond acceptors (Lipinski definition) is 2. The molecule has 1 rings (SSSR count). The van der Waals surface area contributed by atoms with Gasteiger partial charge in [-0.25, -0.2) is 0 Å². The second kappa shape index (κ2) is 5.72. The summed E-state index contributed by atoms with van der Waals surface area (Å²) in [7, 11) is 0. The van der Waals surface area contributed by atoms with Crippen LogP contribution in [0, 0.1) is 0 Å². The quantitative estimate of drug-likeness (QED) is 0.632. The smallest absolute Gasteiger partial charge is 0.168 e. The second-order valence-electron chi connectivity index (χ2n) is 4.29. The molecular weight excluding hydrogens is 176 g/mol. The Hall–Kier alpha value is -0.0800. The Balaban J connectivity index is 2.39. The minimum Gasteiger partial charge on any atom is -0.350 e. The molecule has 0 spiro atoms. The molecule has 0 aromatic carbocycles. The van der Waals surface area contributed by atoms with Crippen LogP contribution in [0.5, 0.6) is 0 Å². The van der Waals surface area contributed by atoms with Crippen molar-refractivity contribution in [3.8, 4) is 0 Å². The van der Waals surface area contributed by atoms with Crippen LogP contribution in [0.4, 0.5) is 0 Å². The zero-order valence-electron chi connectivity index (χ0n) is 9.84. The van der Waals surface area contributed by atoms with Gasteiger partial charge in [-0.2, -0.15) is 0 Å². The Kier molecular flexibility index (Phi) is 4.90. The topological polar surface area (TPSA) is 18.5 Å². The van der Waals surface area contributed by atoms with Crippen LogP contribution < -0.4 is 0 Å². The number of unbranched alkanes of at least 4 members (excludes halogenated alkanes) is 2. The third-order valence-electron chi connectivity index (χ3n) is 3.01. The standard InChI is InChI=1S/C12H24O2/c1-4-6-7-9-12(5-2)13-10-8-11(3)14-12/h11H,4-10H2,1-3H3/t11-,12+/m0/s1. The van der Waals surface area contributed by atoms with Crippen molar-refractivity contribution in [2.75, 3.05) is 6.61 Å². The van der Waals surface area contributed by atoms with Gasteiger partial charge in [0.05, 0.1) is 12.7 Å². The summed E-state index contributed by atoms with van der Waals surface area (Å²) >= 11 is 0. The van der Waals surface area contributed by atoms with Gasteiger partial charge in [0.15, 0.2) is 5.79 Å². The summed E-state index contributed by atoms with van der Waals surface area (Å²) in [6, 6.07) is 0. The van der Waals surface area contributed by atoms with Crippen LogP contribution in [0.15, 0.2) is 0 Å². The summed E-state index contributed by atoms with van der Waals surface area (Å²) in [6.07, 6.45) is 7.19. The Morgan fingerprint density at radius 1 is 1.29 bits per heavy atom. The molecule has 0 aromatic heterocycles. The molecule has 0 aliphatic carbocycles. The van der Waals surface area contributed by atoms with Gasteiger partial charge in [0.2, 0.25) is 0 Å². The van der Waals surface area contributed by atoms with Crippen molar-refractivity contribution >= 4 is 0 Å². The molecule has 1 aliphatic rings. The third kappa shape index (κ3) is 3.25. The fraction of sp³-hybridized carbons (Fsp3) is 1.00. The van der Waals surface area contributed by atoms with Gasteiger partial charge in [-0.15, -0.1) is 0 Å². The highest BCUT2D eigenvalue weighted by molar-refractivity contribution is 4.74.